The molecule has 3 heteroatoms. The van der Waals surface area contributed by atoms with Crippen LogP contribution in [-0.4, -0.2) is 13.7 Å². The summed E-state index contributed by atoms with van der Waals surface area (Å²) in [6, 6.07) is 4.20. The smallest absolute Gasteiger partial charge is 0.164 e. The normalized spacial score (nSPS) is 20.7. The zero-order valence-electron chi connectivity index (χ0n) is 8.88. The van der Waals surface area contributed by atoms with Crippen molar-refractivity contribution in [3.63, 3.8) is 0 Å². The van der Waals surface area contributed by atoms with E-state index >= 15 is 0 Å². The molecule has 0 spiro atoms. The number of methoxy groups -OCH3 is 1. The third-order valence-electron chi connectivity index (χ3n) is 3.33. The highest BCUT2D eigenvalue weighted by molar-refractivity contribution is 5.53. The molecule has 3 rings (SSSR count). The van der Waals surface area contributed by atoms with E-state index in [0.29, 0.717) is 0 Å². The number of rotatable bonds is 2. The van der Waals surface area contributed by atoms with Crippen molar-refractivity contribution in [2.45, 2.75) is 24.8 Å². The van der Waals surface area contributed by atoms with Gasteiger partial charge in [-0.15, -0.1) is 0 Å². The Balaban J connectivity index is 2.11. The zero-order chi connectivity index (χ0) is 10.5. The second-order valence-electron chi connectivity index (χ2n) is 4.42. The van der Waals surface area contributed by atoms with Crippen molar-refractivity contribution in [1.29, 1.82) is 0 Å². The predicted molar refractivity (Wildman–Crippen MR) is 57.3 cm³/mol. The molecular formula is C12H15NO2. The summed E-state index contributed by atoms with van der Waals surface area (Å²) in [6.07, 6.45) is 3.13. The van der Waals surface area contributed by atoms with E-state index in [0.717, 1.165) is 37.4 Å². The van der Waals surface area contributed by atoms with Gasteiger partial charge in [-0.25, -0.2) is 0 Å². The third kappa shape index (κ3) is 1.30. The Hall–Kier alpha value is -1.22. The summed E-state index contributed by atoms with van der Waals surface area (Å²) in [4.78, 5) is 0. The molecule has 3 nitrogen and oxygen atoms in total. The van der Waals surface area contributed by atoms with Crippen LogP contribution in [0.1, 0.15) is 24.0 Å². The molecule has 1 aromatic carbocycles. The van der Waals surface area contributed by atoms with Crippen LogP contribution in [0.5, 0.6) is 11.5 Å². The van der Waals surface area contributed by atoms with Crippen molar-refractivity contribution in [1.82, 2.24) is 0 Å². The van der Waals surface area contributed by atoms with Crippen molar-refractivity contribution in [3.8, 4) is 11.5 Å². The Morgan fingerprint density at radius 2 is 2.20 bits per heavy atom. The fraction of sp³-hybridized carbons (Fsp3) is 0.500. The molecule has 0 atom stereocenters. The first kappa shape index (κ1) is 9.04. The number of hydrogen-bond acceptors (Lipinski definition) is 3. The topological polar surface area (TPSA) is 44.5 Å². The molecule has 0 aromatic heterocycles. The van der Waals surface area contributed by atoms with E-state index in [4.69, 9.17) is 15.2 Å². The number of benzene rings is 1. The highest BCUT2D eigenvalue weighted by Crippen LogP contribution is 2.47. The van der Waals surface area contributed by atoms with E-state index < -0.39 is 0 Å². The Morgan fingerprint density at radius 3 is 2.87 bits per heavy atom. The summed E-state index contributed by atoms with van der Waals surface area (Å²) < 4.78 is 10.9. The van der Waals surface area contributed by atoms with Crippen LogP contribution in [0.3, 0.4) is 0 Å². The predicted octanol–water partition coefficient (Wildman–Crippen LogP) is 1.58. The van der Waals surface area contributed by atoms with Crippen LogP contribution < -0.4 is 15.2 Å². The maximum absolute atomic E-state index is 6.19. The fourth-order valence-corrected chi connectivity index (χ4v) is 2.13. The van der Waals surface area contributed by atoms with Gasteiger partial charge in [0.05, 0.1) is 13.7 Å². The molecule has 80 valence electrons. The lowest BCUT2D eigenvalue weighted by Crippen LogP contribution is -2.18. The summed E-state index contributed by atoms with van der Waals surface area (Å²) in [5, 5.41) is 0. The van der Waals surface area contributed by atoms with Crippen molar-refractivity contribution in [3.05, 3.63) is 23.3 Å². The first-order valence-electron chi connectivity index (χ1n) is 5.36. The molecular weight excluding hydrogens is 190 g/mol. The van der Waals surface area contributed by atoms with E-state index in [2.05, 4.69) is 6.07 Å². The summed E-state index contributed by atoms with van der Waals surface area (Å²) in [7, 11) is 1.68. The zero-order valence-corrected chi connectivity index (χ0v) is 8.88. The van der Waals surface area contributed by atoms with Crippen LogP contribution in [0.25, 0.3) is 0 Å². The maximum Gasteiger partial charge on any atom is 0.164 e. The SMILES string of the molecule is COc1cc(C2(N)CC2)cc2c1OCC2. The molecule has 0 amide bonds. The molecule has 0 bridgehead atoms. The average Bonchev–Trinajstić information content (AvgIpc) is 2.82. The molecule has 1 saturated carbocycles. The van der Waals surface area contributed by atoms with Gasteiger partial charge in [-0.3, -0.25) is 0 Å². The second-order valence-corrected chi connectivity index (χ2v) is 4.42. The monoisotopic (exact) mass is 205 g/mol. The van der Waals surface area contributed by atoms with Gasteiger partial charge in [0.1, 0.15) is 0 Å². The molecule has 1 fully saturated rings. The summed E-state index contributed by atoms with van der Waals surface area (Å²) in [6.45, 7) is 0.757. The third-order valence-corrected chi connectivity index (χ3v) is 3.33. The van der Waals surface area contributed by atoms with Gasteiger partial charge in [-0.1, -0.05) is 0 Å². The van der Waals surface area contributed by atoms with Gasteiger partial charge >= 0.3 is 0 Å². The number of ether oxygens (including phenoxy) is 2. The maximum atomic E-state index is 6.19. The second kappa shape index (κ2) is 2.89. The van der Waals surface area contributed by atoms with Crippen molar-refractivity contribution >= 4 is 0 Å². The molecule has 1 heterocycles. The van der Waals surface area contributed by atoms with Gasteiger partial charge in [-0.05, 0) is 30.5 Å². The Bertz CT molecular complexity index is 410. The molecule has 2 aliphatic rings. The Kier molecular flexibility index (Phi) is 1.74. The van der Waals surface area contributed by atoms with Crippen molar-refractivity contribution < 1.29 is 9.47 Å². The highest BCUT2D eigenvalue weighted by Gasteiger charge is 2.41. The van der Waals surface area contributed by atoms with Gasteiger partial charge in [0.25, 0.3) is 0 Å². The minimum Gasteiger partial charge on any atom is -0.493 e. The van der Waals surface area contributed by atoms with Gasteiger partial charge in [0.15, 0.2) is 11.5 Å². The Labute approximate surface area is 89.2 Å². The number of nitrogens with two attached hydrogens (primary N) is 1. The molecule has 0 unspecified atom stereocenters. The molecule has 15 heavy (non-hydrogen) atoms. The molecule has 1 aliphatic carbocycles. The first-order chi connectivity index (χ1) is 7.23. The van der Waals surface area contributed by atoms with E-state index in [-0.39, 0.29) is 5.54 Å². The van der Waals surface area contributed by atoms with Crippen LogP contribution in [0.15, 0.2) is 12.1 Å². The van der Waals surface area contributed by atoms with Crippen LogP contribution in [0.4, 0.5) is 0 Å². The molecule has 2 N–H and O–H groups in total. The first-order valence-corrected chi connectivity index (χ1v) is 5.36. The molecule has 0 radical (unpaired) electrons. The van der Waals surface area contributed by atoms with Gasteiger partial charge < -0.3 is 15.2 Å². The van der Waals surface area contributed by atoms with E-state index in [1.54, 1.807) is 7.11 Å². The lowest BCUT2D eigenvalue weighted by atomic mass is 10.0. The summed E-state index contributed by atoms with van der Waals surface area (Å²) in [5.41, 5.74) is 8.53. The quantitative estimate of drug-likeness (QED) is 0.797. The van der Waals surface area contributed by atoms with Crippen LogP contribution in [0, 0.1) is 0 Å². The van der Waals surface area contributed by atoms with Crippen LogP contribution >= 0.6 is 0 Å². The number of hydrogen-bond donors (Lipinski definition) is 1. The van der Waals surface area contributed by atoms with Crippen molar-refractivity contribution in [2.24, 2.45) is 5.73 Å². The lowest BCUT2D eigenvalue weighted by Gasteiger charge is -2.13. The van der Waals surface area contributed by atoms with Crippen LogP contribution in [0.2, 0.25) is 0 Å². The molecule has 0 saturated heterocycles. The Morgan fingerprint density at radius 1 is 1.40 bits per heavy atom. The minimum atomic E-state index is -0.0924. The summed E-state index contributed by atoms with van der Waals surface area (Å²) in [5.74, 6) is 1.74. The van der Waals surface area contributed by atoms with Gasteiger partial charge in [0.2, 0.25) is 0 Å². The van der Waals surface area contributed by atoms with E-state index in [1.165, 1.54) is 11.1 Å². The van der Waals surface area contributed by atoms with Gasteiger partial charge in [0, 0.05) is 17.5 Å². The average molecular weight is 205 g/mol. The molecule has 1 aromatic rings. The molecule has 1 aliphatic heterocycles. The van der Waals surface area contributed by atoms with Crippen LogP contribution in [-0.2, 0) is 12.0 Å². The standard InChI is InChI=1S/C12H15NO2/c1-14-10-7-9(12(13)3-4-12)6-8-2-5-15-11(8)10/h6-7H,2-5,13H2,1H3. The lowest BCUT2D eigenvalue weighted by molar-refractivity contribution is 0.326. The van der Waals surface area contributed by atoms with E-state index in [1.807, 2.05) is 6.07 Å². The van der Waals surface area contributed by atoms with Gasteiger partial charge in [-0.2, -0.15) is 0 Å². The van der Waals surface area contributed by atoms with Crippen molar-refractivity contribution in [2.75, 3.05) is 13.7 Å². The largest absolute Gasteiger partial charge is 0.493 e. The highest BCUT2D eigenvalue weighted by atomic mass is 16.5. The number of fused-ring (bicyclic) bond motifs is 1. The fourth-order valence-electron chi connectivity index (χ4n) is 2.13. The summed E-state index contributed by atoms with van der Waals surface area (Å²) >= 11 is 0. The van der Waals surface area contributed by atoms with E-state index in [9.17, 15) is 0 Å². The minimum absolute atomic E-state index is 0.0924.